The van der Waals surface area contributed by atoms with Crippen molar-refractivity contribution in [1.29, 1.82) is 0 Å². The van der Waals surface area contributed by atoms with Crippen molar-refractivity contribution in [3.05, 3.63) is 28.7 Å². The molecule has 0 spiro atoms. The van der Waals surface area contributed by atoms with Crippen molar-refractivity contribution >= 4 is 40.9 Å². The molecule has 1 aliphatic rings. The quantitative estimate of drug-likeness (QED) is 0.664. The first-order valence-corrected chi connectivity index (χ1v) is 8.58. The molecule has 1 atom stereocenters. The van der Waals surface area contributed by atoms with Crippen LogP contribution in [0.5, 0.6) is 11.5 Å². The number of carbonyl (C=O) groups excluding carboxylic acids is 3. The highest BCUT2D eigenvalue weighted by molar-refractivity contribution is 8.18. The van der Waals surface area contributed by atoms with Crippen molar-refractivity contribution in [3.8, 4) is 11.5 Å². The lowest BCUT2D eigenvalue weighted by Crippen LogP contribution is -2.45. The number of hydrogen-bond acceptors (Lipinski definition) is 7. The highest BCUT2D eigenvalue weighted by atomic mass is 32.2. The van der Waals surface area contributed by atoms with Gasteiger partial charge in [-0.2, -0.15) is 0 Å². The average Bonchev–Trinajstić information content (AvgIpc) is 2.88. The summed E-state index contributed by atoms with van der Waals surface area (Å²) in [4.78, 5) is 48.0. The molecule has 1 aromatic rings. The van der Waals surface area contributed by atoms with E-state index in [0.29, 0.717) is 28.8 Å². The second-order valence-electron chi connectivity index (χ2n) is 5.51. The Hall–Kier alpha value is -3.01. The van der Waals surface area contributed by atoms with Gasteiger partial charge in [-0.15, -0.1) is 0 Å². The van der Waals surface area contributed by atoms with Gasteiger partial charge in [0, 0.05) is 0 Å². The number of methoxy groups -OCH3 is 2. The van der Waals surface area contributed by atoms with E-state index in [-0.39, 0.29) is 4.91 Å². The summed E-state index contributed by atoms with van der Waals surface area (Å²) in [5.74, 6) is -1.59. The lowest BCUT2D eigenvalue weighted by atomic mass is 10.2. The maximum absolute atomic E-state index is 12.4. The molecule has 1 unspecified atom stereocenters. The summed E-state index contributed by atoms with van der Waals surface area (Å²) in [7, 11) is 2.98. The van der Waals surface area contributed by atoms with Gasteiger partial charge < -0.3 is 19.9 Å². The fourth-order valence-electron chi connectivity index (χ4n) is 2.22. The predicted molar refractivity (Wildman–Crippen MR) is 97.5 cm³/mol. The highest BCUT2D eigenvalue weighted by Gasteiger charge is 2.36. The summed E-state index contributed by atoms with van der Waals surface area (Å²) < 4.78 is 10.3. The Morgan fingerprint density at radius 3 is 2.52 bits per heavy atom. The Morgan fingerprint density at radius 1 is 1.26 bits per heavy atom. The molecule has 9 nitrogen and oxygen atoms in total. The number of benzene rings is 1. The van der Waals surface area contributed by atoms with E-state index in [1.54, 1.807) is 18.2 Å². The molecular weight excluding hydrogens is 376 g/mol. The number of nitrogens with one attached hydrogen (secondary N) is 1. The third-order valence-corrected chi connectivity index (χ3v) is 4.54. The zero-order valence-corrected chi connectivity index (χ0v) is 15.7. The van der Waals surface area contributed by atoms with Crippen LogP contribution in [0.2, 0.25) is 0 Å². The standard InChI is InChI=1S/C17H18N2O7S/c1-9(16(22)23)18-14(20)8-19-15(21)13(27-17(19)24)7-10-4-5-11(25-2)12(6-10)26-3/h4-7,9H,8H2,1-3H3,(H,18,20)(H,22,23)/b13-7-. The van der Waals surface area contributed by atoms with E-state index in [0.717, 1.165) is 4.90 Å². The van der Waals surface area contributed by atoms with E-state index >= 15 is 0 Å². The number of thioether (sulfide) groups is 1. The molecule has 1 heterocycles. The van der Waals surface area contributed by atoms with Gasteiger partial charge in [0.15, 0.2) is 11.5 Å². The Balaban J connectivity index is 2.14. The molecule has 2 rings (SSSR count). The molecule has 3 amide bonds. The van der Waals surface area contributed by atoms with Crippen molar-refractivity contribution in [3.63, 3.8) is 0 Å². The molecule has 0 aliphatic carbocycles. The fourth-order valence-corrected chi connectivity index (χ4v) is 3.06. The monoisotopic (exact) mass is 394 g/mol. The van der Waals surface area contributed by atoms with Crippen LogP contribution in [0, 0.1) is 0 Å². The van der Waals surface area contributed by atoms with Crippen LogP contribution in [-0.2, 0) is 14.4 Å². The SMILES string of the molecule is COc1ccc(/C=C2\SC(=O)N(CC(=O)NC(C)C(=O)O)C2=O)cc1OC. The van der Waals surface area contributed by atoms with Gasteiger partial charge in [-0.05, 0) is 42.5 Å². The second-order valence-corrected chi connectivity index (χ2v) is 6.50. The molecular formula is C17H18N2O7S. The van der Waals surface area contributed by atoms with Gasteiger partial charge in [-0.25, -0.2) is 0 Å². The van der Waals surface area contributed by atoms with Crippen LogP contribution < -0.4 is 14.8 Å². The zero-order valence-electron chi connectivity index (χ0n) is 14.8. The lowest BCUT2D eigenvalue weighted by Gasteiger charge is -2.14. The van der Waals surface area contributed by atoms with Crippen LogP contribution in [0.4, 0.5) is 4.79 Å². The number of carbonyl (C=O) groups is 4. The van der Waals surface area contributed by atoms with E-state index in [9.17, 15) is 19.2 Å². The Kier molecular flexibility index (Phi) is 6.45. The van der Waals surface area contributed by atoms with Gasteiger partial charge in [0.05, 0.1) is 19.1 Å². The van der Waals surface area contributed by atoms with Gasteiger partial charge >= 0.3 is 5.97 Å². The molecule has 0 radical (unpaired) electrons. The molecule has 1 aromatic carbocycles. The van der Waals surface area contributed by atoms with Gasteiger partial charge in [0.2, 0.25) is 5.91 Å². The molecule has 2 N–H and O–H groups in total. The lowest BCUT2D eigenvalue weighted by molar-refractivity contribution is -0.141. The smallest absolute Gasteiger partial charge is 0.325 e. The van der Waals surface area contributed by atoms with Crippen molar-refractivity contribution in [2.24, 2.45) is 0 Å². The molecule has 1 saturated heterocycles. The maximum Gasteiger partial charge on any atom is 0.325 e. The molecule has 0 saturated carbocycles. The summed E-state index contributed by atoms with van der Waals surface area (Å²) in [5.41, 5.74) is 0.613. The van der Waals surface area contributed by atoms with Gasteiger partial charge in [0.25, 0.3) is 11.1 Å². The van der Waals surface area contributed by atoms with E-state index < -0.39 is 35.6 Å². The number of rotatable bonds is 7. The van der Waals surface area contributed by atoms with E-state index in [1.165, 1.54) is 27.2 Å². The maximum atomic E-state index is 12.4. The third kappa shape index (κ3) is 4.79. The molecule has 1 fully saturated rings. The minimum atomic E-state index is -1.22. The Labute approximate surface area is 159 Å². The van der Waals surface area contributed by atoms with Crippen LogP contribution in [0.1, 0.15) is 12.5 Å². The summed E-state index contributed by atoms with van der Waals surface area (Å²) in [6.45, 7) is 0.733. The number of amides is 3. The van der Waals surface area contributed by atoms with Crippen LogP contribution >= 0.6 is 11.8 Å². The molecule has 10 heteroatoms. The number of carboxylic acid groups (broad SMARTS) is 1. The number of aliphatic carboxylic acids is 1. The zero-order chi connectivity index (χ0) is 20.1. The minimum Gasteiger partial charge on any atom is -0.493 e. The summed E-state index contributed by atoms with van der Waals surface area (Å²) in [6.07, 6.45) is 1.50. The average molecular weight is 394 g/mol. The first-order chi connectivity index (χ1) is 12.8. The number of hydrogen-bond donors (Lipinski definition) is 2. The molecule has 1 aliphatic heterocycles. The van der Waals surface area contributed by atoms with Crippen LogP contribution in [0.25, 0.3) is 6.08 Å². The number of nitrogens with zero attached hydrogens (tertiary/aromatic N) is 1. The first-order valence-electron chi connectivity index (χ1n) is 7.76. The normalized spacial score (nSPS) is 16.4. The van der Waals surface area contributed by atoms with Crippen LogP contribution in [-0.4, -0.2) is 59.8 Å². The Bertz CT molecular complexity index is 821. The van der Waals surface area contributed by atoms with Crippen LogP contribution in [0.15, 0.2) is 23.1 Å². The predicted octanol–water partition coefficient (Wildman–Crippen LogP) is 1.33. The summed E-state index contributed by atoms with van der Waals surface area (Å²) >= 11 is 0.697. The molecule has 144 valence electrons. The third-order valence-electron chi connectivity index (χ3n) is 3.63. The first kappa shape index (κ1) is 20.3. The number of ether oxygens (including phenoxy) is 2. The fraction of sp³-hybridized carbons (Fsp3) is 0.294. The topological polar surface area (TPSA) is 122 Å². The number of imide groups is 1. The molecule has 0 bridgehead atoms. The second kappa shape index (κ2) is 8.58. The summed E-state index contributed by atoms with van der Waals surface area (Å²) in [6, 6.07) is 3.88. The van der Waals surface area contributed by atoms with Gasteiger partial charge in [-0.3, -0.25) is 24.1 Å². The minimum absolute atomic E-state index is 0.145. The van der Waals surface area contributed by atoms with Crippen molar-refractivity contribution in [1.82, 2.24) is 10.2 Å². The largest absolute Gasteiger partial charge is 0.493 e. The molecule has 0 aromatic heterocycles. The van der Waals surface area contributed by atoms with Crippen molar-refractivity contribution < 1.29 is 33.8 Å². The van der Waals surface area contributed by atoms with Crippen molar-refractivity contribution in [2.75, 3.05) is 20.8 Å². The van der Waals surface area contributed by atoms with Gasteiger partial charge in [-0.1, -0.05) is 6.07 Å². The highest BCUT2D eigenvalue weighted by Crippen LogP contribution is 2.34. The van der Waals surface area contributed by atoms with E-state index in [1.807, 2.05) is 0 Å². The van der Waals surface area contributed by atoms with E-state index in [2.05, 4.69) is 5.32 Å². The Morgan fingerprint density at radius 2 is 1.93 bits per heavy atom. The van der Waals surface area contributed by atoms with Crippen LogP contribution in [0.3, 0.4) is 0 Å². The van der Waals surface area contributed by atoms with Crippen molar-refractivity contribution in [2.45, 2.75) is 13.0 Å². The number of carboxylic acids is 1. The van der Waals surface area contributed by atoms with Gasteiger partial charge in [0.1, 0.15) is 12.6 Å². The summed E-state index contributed by atoms with van der Waals surface area (Å²) in [5, 5.41) is 10.4. The van der Waals surface area contributed by atoms with E-state index in [4.69, 9.17) is 14.6 Å². The molecule has 27 heavy (non-hydrogen) atoms.